The Bertz CT molecular complexity index is 611. The molecular formula is C17H27N3O3S. The predicted octanol–water partition coefficient (Wildman–Crippen LogP) is 1.58. The minimum absolute atomic E-state index is 0.120. The van der Waals surface area contributed by atoms with Crippen molar-refractivity contribution in [3.8, 4) is 0 Å². The van der Waals surface area contributed by atoms with Crippen molar-refractivity contribution in [3.63, 3.8) is 0 Å². The van der Waals surface area contributed by atoms with E-state index in [1.54, 1.807) is 24.3 Å². The molecule has 0 spiro atoms. The van der Waals surface area contributed by atoms with Gasteiger partial charge in [0.1, 0.15) is 0 Å². The minimum Gasteiger partial charge on any atom is -0.376 e. The molecule has 1 aliphatic heterocycles. The van der Waals surface area contributed by atoms with E-state index in [9.17, 15) is 8.42 Å². The summed E-state index contributed by atoms with van der Waals surface area (Å²) >= 11 is 0. The molecule has 1 aromatic carbocycles. The van der Waals surface area contributed by atoms with Gasteiger partial charge < -0.3 is 15.4 Å². The lowest BCUT2D eigenvalue weighted by Gasteiger charge is -2.13. The highest BCUT2D eigenvalue weighted by Crippen LogP contribution is 2.12. The molecule has 1 fully saturated rings. The van der Waals surface area contributed by atoms with Crippen LogP contribution in [0.3, 0.4) is 0 Å². The van der Waals surface area contributed by atoms with Gasteiger partial charge in [0.05, 0.1) is 23.3 Å². The maximum absolute atomic E-state index is 12.2. The third-order valence-corrected chi connectivity index (χ3v) is 5.62. The highest BCUT2D eigenvalue weighted by Gasteiger charge is 2.15. The average Bonchev–Trinajstić information content (AvgIpc) is 3.11. The third-order valence-electron chi connectivity index (χ3n) is 3.81. The highest BCUT2D eigenvalue weighted by molar-refractivity contribution is 7.91. The van der Waals surface area contributed by atoms with E-state index in [1.807, 2.05) is 13.0 Å². The monoisotopic (exact) mass is 353 g/mol. The number of aliphatic imine (C=N–C) groups is 1. The van der Waals surface area contributed by atoms with E-state index in [0.29, 0.717) is 30.4 Å². The van der Waals surface area contributed by atoms with Gasteiger partial charge in [-0.3, -0.25) is 4.99 Å². The molecule has 1 aromatic rings. The SMILES string of the molecule is CCNC(=NCC1CCCO1)NCCCS(=O)(=O)c1ccccc1. The Hall–Kier alpha value is -1.60. The molecule has 134 valence electrons. The summed E-state index contributed by atoms with van der Waals surface area (Å²) in [6.45, 7) is 4.78. The van der Waals surface area contributed by atoms with Crippen LogP contribution in [0.2, 0.25) is 0 Å². The second-order valence-corrected chi connectivity index (χ2v) is 7.88. The fraction of sp³-hybridized carbons (Fsp3) is 0.588. The summed E-state index contributed by atoms with van der Waals surface area (Å²) < 4.78 is 30.0. The van der Waals surface area contributed by atoms with Crippen molar-refractivity contribution >= 4 is 15.8 Å². The summed E-state index contributed by atoms with van der Waals surface area (Å²) in [6, 6.07) is 8.57. The summed E-state index contributed by atoms with van der Waals surface area (Å²) in [5.74, 6) is 0.833. The van der Waals surface area contributed by atoms with Crippen molar-refractivity contribution in [2.75, 3.05) is 32.0 Å². The Morgan fingerprint density at radius 3 is 2.75 bits per heavy atom. The van der Waals surface area contributed by atoms with E-state index >= 15 is 0 Å². The Morgan fingerprint density at radius 2 is 2.08 bits per heavy atom. The van der Waals surface area contributed by atoms with Crippen LogP contribution in [0.5, 0.6) is 0 Å². The molecule has 1 saturated heterocycles. The van der Waals surface area contributed by atoms with Gasteiger partial charge in [0.15, 0.2) is 15.8 Å². The number of benzene rings is 1. The molecule has 6 nitrogen and oxygen atoms in total. The van der Waals surface area contributed by atoms with E-state index < -0.39 is 9.84 Å². The van der Waals surface area contributed by atoms with Crippen molar-refractivity contribution in [2.24, 2.45) is 4.99 Å². The second-order valence-electron chi connectivity index (χ2n) is 5.77. The number of hydrogen-bond acceptors (Lipinski definition) is 4. The van der Waals surface area contributed by atoms with Crippen molar-refractivity contribution in [2.45, 2.75) is 37.2 Å². The fourth-order valence-electron chi connectivity index (χ4n) is 2.54. The molecule has 0 amide bonds. The molecule has 0 saturated carbocycles. The zero-order chi connectivity index (χ0) is 17.3. The van der Waals surface area contributed by atoms with Gasteiger partial charge in [-0.05, 0) is 38.3 Å². The molecule has 0 aromatic heterocycles. The molecule has 24 heavy (non-hydrogen) atoms. The van der Waals surface area contributed by atoms with Crippen LogP contribution in [-0.4, -0.2) is 52.5 Å². The van der Waals surface area contributed by atoms with Crippen LogP contribution >= 0.6 is 0 Å². The topological polar surface area (TPSA) is 79.8 Å². The molecule has 2 rings (SSSR count). The number of ether oxygens (including phenoxy) is 1. The van der Waals surface area contributed by atoms with Gasteiger partial charge in [-0.2, -0.15) is 0 Å². The molecular weight excluding hydrogens is 326 g/mol. The average molecular weight is 353 g/mol. The van der Waals surface area contributed by atoms with Gasteiger partial charge in [-0.25, -0.2) is 8.42 Å². The summed E-state index contributed by atoms with van der Waals surface area (Å²) in [4.78, 5) is 4.89. The van der Waals surface area contributed by atoms with Crippen LogP contribution in [0.4, 0.5) is 0 Å². The molecule has 0 aliphatic carbocycles. The maximum atomic E-state index is 12.2. The molecule has 7 heteroatoms. The molecule has 1 aliphatic rings. The molecule has 0 radical (unpaired) electrons. The summed E-state index contributed by atoms with van der Waals surface area (Å²) in [6.07, 6.45) is 2.89. The van der Waals surface area contributed by atoms with Crippen LogP contribution in [0, 0.1) is 0 Å². The van der Waals surface area contributed by atoms with Gasteiger partial charge in [-0.15, -0.1) is 0 Å². The van der Waals surface area contributed by atoms with Crippen LogP contribution in [0.25, 0.3) is 0 Å². The summed E-state index contributed by atoms with van der Waals surface area (Å²) in [5, 5.41) is 6.36. The first-order valence-electron chi connectivity index (χ1n) is 8.53. The predicted molar refractivity (Wildman–Crippen MR) is 96.1 cm³/mol. The van der Waals surface area contributed by atoms with E-state index in [0.717, 1.165) is 26.0 Å². The maximum Gasteiger partial charge on any atom is 0.191 e. The highest BCUT2D eigenvalue weighted by atomic mass is 32.2. The van der Waals surface area contributed by atoms with Crippen molar-refractivity contribution in [1.29, 1.82) is 0 Å². The number of nitrogens with one attached hydrogen (secondary N) is 2. The molecule has 1 unspecified atom stereocenters. The molecule has 1 atom stereocenters. The second kappa shape index (κ2) is 9.64. The Labute approximate surface area is 144 Å². The normalized spacial score (nSPS) is 18.5. The van der Waals surface area contributed by atoms with E-state index in [-0.39, 0.29) is 11.9 Å². The van der Waals surface area contributed by atoms with Gasteiger partial charge in [0.25, 0.3) is 0 Å². The summed E-state index contributed by atoms with van der Waals surface area (Å²) in [5.41, 5.74) is 0. The number of sulfone groups is 1. The largest absolute Gasteiger partial charge is 0.376 e. The first-order chi connectivity index (χ1) is 11.6. The first kappa shape index (κ1) is 18.7. The standard InChI is InChI=1S/C17H27N3O3S/c1-2-18-17(20-14-15-8-6-12-23-15)19-11-7-13-24(21,22)16-9-4-3-5-10-16/h3-5,9-10,15H,2,6-8,11-14H2,1H3,(H2,18,19,20). The Morgan fingerprint density at radius 1 is 1.29 bits per heavy atom. The van der Waals surface area contributed by atoms with Crippen molar-refractivity contribution in [1.82, 2.24) is 10.6 Å². The third kappa shape index (κ3) is 6.13. The molecule has 2 N–H and O–H groups in total. The van der Waals surface area contributed by atoms with Gasteiger partial charge in [-0.1, -0.05) is 18.2 Å². The molecule has 1 heterocycles. The van der Waals surface area contributed by atoms with Crippen LogP contribution in [0.15, 0.2) is 40.2 Å². The van der Waals surface area contributed by atoms with Crippen LogP contribution < -0.4 is 10.6 Å². The van der Waals surface area contributed by atoms with Gasteiger partial charge >= 0.3 is 0 Å². The lowest BCUT2D eigenvalue weighted by atomic mass is 10.2. The number of nitrogens with zero attached hydrogens (tertiary/aromatic N) is 1. The van der Waals surface area contributed by atoms with Crippen molar-refractivity contribution < 1.29 is 13.2 Å². The van der Waals surface area contributed by atoms with E-state index in [1.165, 1.54) is 0 Å². The molecule has 0 bridgehead atoms. The number of hydrogen-bond donors (Lipinski definition) is 2. The van der Waals surface area contributed by atoms with Crippen molar-refractivity contribution in [3.05, 3.63) is 30.3 Å². The smallest absolute Gasteiger partial charge is 0.191 e. The van der Waals surface area contributed by atoms with E-state index in [2.05, 4.69) is 15.6 Å². The summed E-state index contributed by atoms with van der Waals surface area (Å²) in [7, 11) is -3.22. The Balaban J connectivity index is 1.76. The zero-order valence-corrected chi connectivity index (χ0v) is 15.0. The quantitative estimate of drug-likeness (QED) is 0.421. The lowest BCUT2D eigenvalue weighted by Crippen LogP contribution is -2.38. The fourth-order valence-corrected chi connectivity index (χ4v) is 3.87. The van der Waals surface area contributed by atoms with Gasteiger partial charge in [0.2, 0.25) is 0 Å². The Kier molecular flexibility index (Phi) is 7.52. The van der Waals surface area contributed by atoms with Crippen LogP contribution in [-0.2, 0) is 14.6 Å². The lowest BCUT2D eigenvalue weighted by molar-refractivity contribution is 0.117. The zero-order valence-electron chi connectivity index (χ0n) is 14.2. The van der Waals surface area contributed by atoms with E-state index in [4.69, 9.17) is 4.74 Å². The minimum atomic E-state index is -3.22. The van der Waals surface area contributed by atoms with Crippen LogP contribution in [0.1, 0.15) is 26.2 Å². The first-order valence-corrected chi connectivity index (χ1v) is 10.2. The van der Waals surface area contributed by atoms with Gasteiger partial charge in [0, 0.05) is 19.7 Å². The number of rotatable bonds is 8. The number of guanidine groups is 1.